The molecule has 0 fully saturated rings. The number of imide groups is 1. The van der Waals surface area contributed by atoms with Crippen molar-refractivity contribution in [2.45, 2.75) is 6.54 Å². The molecule has 0 saturated heterocycles. The standard InChI is InChI=1S/C28H25N5O6/c1-36-24-12-18(39-23-10-11-29-21-14-26(38-3)25(37-2)13-19(21)23)8-9-20(24)31-28(35)32-27(34)16-33-22-7-5-4-6-17(22)15-30-33/h4-15H,16H2,1-3H3,(H2,31,32,34,35). The number of para-hydroxylation sites is 1. The van der Waals surface area contributed by atoms with E-state index >= 15 is 0 Å². The average Bonchev–Trinajstić information content (AvgIpc) is 3.35. The predicted molar refractivity (Wildman–Crippen MR) is 145 cm³/mol. The number of anilines is 1. The van der Waals surface area contributed by atoms with Crippen LogP contribution in [0.15, 0.2) is 73.1 Å². The summed E-state index contributed by atoms with van der Waals surface area (Å²) in [5.41, 5.74) is 1.82. The van der Waals surface area contributed by atoms with Crippen LogP contribution in [0.3, 0.4) is 0 Å². The molecule has 5 aromatic rings. The Bertz CT molecular complexity index is 1680. The number of carbonyl (C=O) groups is 2. The number of hydrogen-bond donors (Lipinski definition) is 2. The van der Waals surface area contributed by atoms with Gasteiger partial charge in [-0.15, -0.1) is 0 Å². The highest BCUT2D eigenvalue weighted by Gasteiger charge is 2.15. The highest BCUT2D eigenvalue weighted by molar-refractivity contribution is 6.02. The van der Waals surface area contributed by atoms with Crippen LogP contribution in [0.4, 0.5) is 10.5 Å². The van der Waals surface area contributed by atoms with Crippen LogP contribution in [0.5, 0.6) is 28.7 Å². The normalized spacial score (nSPS) is 10.7. The first-order valence-electron chi connectivity index (χ1n) is 11.9. The number of nitrogens with one attached hydrogen (secondary N) is 2. The summed E-state index contributed by atoms with van der Waals surface area (Å²) in [5, 5.41) is 10.8. The van der Waals surface area contributed by atoms with E-state index in [1.807, 2.05) is 24.3 Å². The Balaban J connectivity index is 1.28. The quantitative estimate of drug-likeness (QED) is 0.296. The van der Waals surface area contributed by atoms with Gasteiger partial charge < -0.3 is 24.3 Å². The molecule has 0 unspecified atom stereocenters. The fraction of sp³-hybridized carbons (Fsp3) is 0.143. The zero-order chi connectivity index (χ0) is 27.4. The lowest BCUT2D eigenvalue weighted by atomic mass is 10.2. The minimum atomic E-state index is -0.704. The summed E-state index contributed by atoms with van der Waals surface area (Å²) >= 11 is 0. The van der Waals surface area contributed by atoms with Crippen molar-refractivity contribution in [3.05, 3.63) is 73.1 Å². The van der Waals surface area contributed by atoms with Gasteiger partial charge in [-0.25, -0.2) is 4.79 Å². The topological polar surface area (TPSA) is 126 Å². The van der Waals surface area contributed by atoms with Crippen molar-refractivity contribution in [3.8, 4) is 28.7 Å². The second-order valence-corrected chi connectivity index (χ2v) is 8.36. The Morgan fingerprint density at radius 1 is 0.872 bits per heavy atom. The van der Waals surface area contributed by atoms with E-state index in [1.165, 1.54) is 11.8 Å². The number of carbonyl (C=O) groups excluding carboxylic acids is 2. The van der Waals surface area contributed by atoms with Gasteiger partial charge in [-0.3, -0.25) is 19.8 Å². The third-order valence-electron chi connectivity index (χ3n) is 5.95. The number of methoxy groups -OCH3 is 3. The highest BCUT2D eigenvalue weighted by atomic mass is 16.5. The molecule has 3 amide bonds. The van der Waals surface area contributed by atoms with E-state index in [1.54, 1.807) is 63.0 Å². The van der Waals surface area contributed by atoms with E-state index in [-0.39, 0.29) is 6.54 Å². The van der Waals surface area contributed by atoms with Gasteiger partial charge in [-0.05, 0) is 30.3 Å². The van der Waals surface area contributed by atoms with E-state index < -0.39 is 11.9 Å². The Kier molecular flexibility index (Phi) is 7.13. The third-order valence-corrected chi connectivity index (χ3v) is 5.95. The molecule has 0 aliphatic heterocycles. The van der Waals surface area contributed by atoms with E-state index in [2.05, 4.69) is 20.7 Å². The zero-order valence-electron chi connectivity index (χ0n) is 21.4. The second-order valence-electron chi connectivity index (χ2n) is 8.36. The summed E-state index contributed by atoms with van der Waals surface area (Å²) in [6.45, 7) is -0.110. The molecule has 2 heterocycles. The number of benzene rings is 3. The summed E-state index contributed by atoms with van der Waals surface area (Å²) in [7, 11) is 4.58. The van der Waals surface area contributed by atoms with Crippen LogP contribution in [-0.2, 0) is 11.3 Å². The van der Waals surface area contributed by atoms with Crippen molar-refractivity contribution in [3.63, 3.8) is 0 Å². The van der Waals surface area contributed by atoms with Crippen molar-refractivity contribution >= 4 is 39.4 Å². The second kappa shape index (κ2) is 11.0. The van der Waals surface area contributed by atoms with Gasteiger partial charge in [0.05, 0.1) is 44.2 Å². The molecule has 0 bridgehead atoms. The van der Waals surface area contributed by atoms with Crippen LogP contribution in [0.2, 0.25) is 0 Å². The molecular formula is C28H25N5O6. The van der Waals surface area contributed by atoms with Gasteiger partial charge in [0, 0.05) is 29.1 Å². The van der Waals surface area contributed by atoms with Crippen LogP contribution in [0.1, 0.15) is 0 Å². The first-order chi connectivity index (χ1) is 19.0. The first kappa shape index (κ1) is 25.3. The Morgan fingerprint density at radius 2 is 1.64 bits per heavy atom. The van der Waals surface area contributed by atoms with E-state index in [9.17, 15) is 9.59 Å². The molecule has 2 N–H and O–H groups in total. The smallest absolute Gasteiger partial charge is 0.326 e. The van der Waals surface area contributed by atoms with Gasteiger partial charge in [0.2, 0.25) is 5.91 Å². The number of amides is 3. The number of nitrogens with zero attached hydrogens (tertiary/aromatic N) is 3. The van der Waals surface area contributed by atoms with Crippen LogP contribution in [0.25, 0.3) is 21.8 Å². The fourth-order valence-corrected chi connectivity index (χ4v) is 4.11. The Hall–Kier alpha value is -5.32. The number of rotatable bonds is 8. The van der Waals surface area contributed by atoms with Crippen molar-refractivity contribution in [2.24, 2.45) is 0 Å². The summed E-state index contributed by atoms with van der Waals surface area (Å²) in [5.74, 6) is 1.92. The monoisotopic (exact) mass is 527 g/mol. The molecule has 11 heteroatoms. The molecule has 198 valence electrons. The van der Waals surface area contributed by atoms with Gasteiger partial charge in [-0.2, -0.15) is 5.10 Å². The number of ether oxygens (including phenoxy) is 4. The lowest BCUT2D eigenvalue weighted by Crippen LogP contribution is -2.36. The van der Waals surface area contributed by atoms with Crippen molar-refractivity contribution in [1.82, 2.24) is 20.1 Å². The molecule has 0 atom stereocenters. The van der Waals surface area contributed by atoms with Crippen molar-refractivity contribution < 1.29 is 28.5 Å². The number of pyridine rings is 1. The molecule has 5 rings (SSSR count). The number of urea groups is 1. The number of hydrogen-bond acceptors (Lipinski definition) is 8. The summed E-state index contributed by atoms with van der Waals surface area (Å²) in [4.78, 5) is 29.4. The maximum absolute atomic E-state index is 12.5. The first-order valence-corrected chi connectivity index (χ1v) is 11.9. The maximum atomic E-state index is 12.5. The van der Waals surface area contributed by atoms with E-state index in [0.717, 1.165) is 16.3 Å². The van der Waals surface area contributed by atoms with Crippen LogP contribution >= 0.6 is 0 Å². The Labute approximate surface area is 223 Å². The van der Waals surface area contributed by atoms with Crippen LogP contribution < -0.4 is 29.6 Å². The molecular weight excluding hydrogens is 502 g/mol. The van der Waals surface area contributed by atoms with Crippen LogP contribution in [0, 0.1) is 0 Å². The third kappa shape index (κ3) is 5.37. The molecule has 39 heavy (non-hydrogen) atoms. The molecule has 0 saturated carbocycles. The number of aromatic nitrogens is 3. The van der Waals surface area contributed by atoms with Gasteiger partial charge in [0.1, 0.15) is 23.8 Å². The van der Waals surface area contributed by atoms with Gasteiger partial charge in [0.15, 0.2) is 11.5 Å². The highest BCUT2D eigenvalue weighted by Crippen LogP contribution is 2.38. The van der Waals surface area contributed by atoms with Crippen molar-refractivity contribution in [2.75, 3.05) is 26.6 Å². The lowest BCUT2D eigenvalue weighted by molar-refractivity contribution is -0.120. The molecule has 0 radical (unpaired) electrons. The summed E-state index contributed by atoms with van der Waals surface area (Å²) in [6, 6.07) is 17.0. The molecule has 3 aromatic carbocycles. The summed E-state index contributed by atoms with van der Waals surface area (Å²) in [6.07, 6.45) is 3.30. The minimum Gasteiger partial charge on any atom is -0.494 e. The fourth-order valence-electron chi connectivity index (χ4n) is 4.11. The zero-order valence-corrected chi connectivity index (χ0v) is 21.4. The predicted octanol–water partition coefficient (Wildman–Crippen LogP) is 4.75. The largest absolute Gasteiger partial charge is 0.494 e. The Morgan fingerprint density at radius 3 is 2.44 bits per heavy atom. The van der Waals surface area contributed by atoms with Gasteiger partial charge >= 0.3 is 6.03 Å². The molecule has 0 spiro atoms. The maximum Gasteiger partial charge on any atom is 0.326 e. The minimum absolute atomic E-state index is 0.110. The van der Waals surface area contributed by atoms with Crippen molar-refractivity contribution in [1.29, 1.82) is 0 Å². The lowest BCUT2D eigenvalue weighted by Gasteiger charge is -2.14. The molecule has 0 aliphatic carbocycles. The van der Waals surface area contributed by atoms with Gasteiger partial charge in [0.25, 0.3) is 0 Å². The van der Waals surface area contributed by atoms with E-state index in [4.69, 9.17) is 18.9 Å². The molecule has 11 nitrogen and oxygen atoms in total. The molecule has 0 aliphatic rings. The number of fused-ring (bicyclic) bond motifs is 2. The van der Waals surface area contributed by atoms with Gasteiger partial charge in [-0.1, -0.05) is 18.2 Å². The summed E-state index contributed by atoms with van der Waals surface area (Å²) < 4.78 is 23.9. The van der Waals surface area contributed by atoms with Crippen LogP contribution in [-0.4, -0.2) is 48.0 Å². The van der Waals surface area contributed by atoms with E-state index in [0.29, 0.717) is 40.0 Å². The molecule has 2 aromatic heterocycles. The SMILES string of the molecule is COc1cc(Oc2ccnc3cc(OC)c(OC)cc23)ccc1NC(=O)NC(=O)Cn1ncc2ccccc21. The average molecular weight is 528 g/mol.